The van der Waals surface area contributed by atoms with Crippen LogP contribution in [-0.2, 0) is 20.3 Å². The van der Waals surface area contributed by atoms with Gasteiger partial charge in [-0.2, -0.15) is 18.8 Å². The second kappa shape index (κ2) is 18.7. The van der Waals surface area contributed by atoms with Gasteiger partial charge in [-0.15, -0.1) is 0 Å². The van der Waals surface area contributed by atoms with Crippen LogP contribution in [0, 0.1) is 10.8 Å². The molecule has 12 nitrogen and oxygen atoms in total. The predicted molar refractivity (Wildman–Crippen MR) is 227 cm³/mol. The van der Waals surface area contributed by atoms with E-state index in [4.69, 9.17) is 8.30 Å². The highest BCUT2D eigenvalue weighted by Gasteiger charge is 2.35. The van der Waals surface area contributed by atoms with E-state index in [0.717, 1.165) is 37.3 Å². The van der Waals surface area contributed by atoms with Crippen LogP contribution in [0.15, 0.2) is 48.5 Å². The maximum atomic E-state index is 13.1. The molecular weight excluding hydrogens is 717 g/mol. The van der Waals surface area contributed by atoms with E-state index in [9.17, 15) is 9.59 Å². The lowest BCUT2D eigenvalue weighted by Gasteiger charge is -2.33. The summed E-state index contributed by atoms with van der Waals surface area (Å²) in [7, 11) is -2.27. The van der Waals surface area contributed by atoms with E-state index in [-0.39, 0.29) is 33.7 Å². The van der Waals surface area contributed by atoms with Crippen molar-refractivity contribution in [1.29, 1.82) is 0 Å². The maximum absolute atomic E-state index is 13.1. The molecule has 3 rings (SSSR count). The number of anilines is 5. The molecule has 0 fully saturated rings. The molecule has 0 spiro atoms. The van der Waals surface area contributed by atoms with Crippen LogP contribution in [0.1, 0.15) is 116 Å². The summed E-state index contributed by atoms with van der Waals surface area (Å²) in [5, 5.41) is 16.2. The third kappa shape index (κ3) is 15.9. The number of aromatic nitrogens is 3. The number of nitrogens with zero attached hydrogens (tertiary/aromatic N) is 3. The van der Waals surface area contributed by atoms with E-state index in [0.29, 0.717) is 53.5 Å². The third-order valence-electron chi connectivity index (χ3n) is 8.12. The van der Waals surface area contributed by atoms with Crippen LogP contribution < -0.4 is 26.6 Å². The summed E-state index contributed by atoms with van der Waals surface area (Å²) < 4.78 is 12.0. The molecule has 5 N–H and O–H groups in total. The molecule has 0 aliphatic rings. The minimum atomic E-state index is -2.27. The zero-order valence-electron chi connectivity index (χ0n) is 34.8. The number of amides is 2. The second-order valence-electron chi connectivity index (χ2n) is 17.7. The Labute approximate surface area is 329 Å². The van der Waals surface area contributed by atoms with Gasteiger partial charge in [-0.1, -0.05) is 41.5 Å². The Hall–Kier alpha value is -3.72. The van der Waals surface area contributed by atoms with Gasteiger partial charge in [0.15, 0.2) is 0 Å². The number of nitrogens with one attached hydrogen (secondary N) is 5. The second-order valence-corrected chi connectivity index (χ2v) is 21.9. The molecule has 3 aromatic rings. The molecule has 0 saturated carbocycles. The van der Waals surface area contributed by atoms with Crippen molar-refractivity contribution in [2.24, 2.45) is 10.8 Å². The van der Waals surface area contributed by atoms with Crippen LogP contribution in [0.5, 0.6) is 0 Å². The van der Waals surface area contributed by atoms with Gasteiger partial charge in [-0.3, -0.25) is 9.59 Å². The van der Waals surface area contributed by atoms with Gasteiger partial charge in [0.1, 0.15) is 18.3 Å². The first-order chi connectivity index (χ1) is 25.0. The quantitative estimate of drug-likeness (QED) is 0.0347. The van der Waals surface area contributed by atoms with E-state index in [1.165, 1.54) is 0 Å². The van der Waals surface area contributed by atoms with Crippen molar-refractivity contribution in [3.8, 4) is 0 Å². The fourth-order valence-corrected chi connectivity index (χ4v) is 10.7. The van der Waals surface area contributed by atoms with Gasteiger partial charge < -0.3 is 31.0 Å². The minimum absolute atomic E-state index is 0.0780. The molecule has 2 aromatic carbocycles. The summed E-state index contributed by atoms with van der Waals surface area (Å²) in [6.07, 6.45) is 4.45. The SMILES string of the molecule is CCO[Si](C)(CCCNc1nc(Nc2ccc(C(=O)NC(C)(C)CC(C)(C)C)cc2)nc(Nc2ccc(C(=O)NC(C)(C)CC(C)(C)C)cc2)n1)O[SH+]C. The van der Waals surface area contributed by atoms with Crippen molar-refractivity contribution in [2.45, 2.75) is 119 Å². The molecule has 2 amide bonds. The molecule has 0 saturated heterocycles. The van der Waals surface area contributed by atoms with Gasteiger partial charge in [0.25, 0.3) is 11.8 Å². The average Bonchev–Trinajstić information content (AvgIpc) is 3.01. The summed E-state index contributed by atoms with van der Waals surface area (Å²) in [6.45, 7) is 26.5. The summed E-state index contributed by atoms with van der Waals surface area (Å²) >= 11 is 0.861. The molecule has 1 unspecified atom stereocenters. The highest BCUT2D eigenvalue weighted by molar-refractivity contribution is 7.73. The summed E-state index contributed by atoms with van der Waals surface area (Å²) in [5.74, 6) is 0.768. The molecule has 14 heteroatoms. The first-order valence-corrected chi connectivity index (χ1v) is 22.6. The molecule has 1 aromatic heterocycles. The van der Waals surface area contributed by atoms with Crippen LogP contribution in [0.3, 0.4) is 0 Å². The van der Waals surface area contributed by atoms with Crippen molar-refractivity contribution in [3.05, 3.63) is 59.7 Å². The number of carbonyl (C=O) groups is 2. The van der Waals surface area contributed by atoms with Crippen molar-refractivity contribution in [1.82, 2.24) is 25.6 Å². The molecule has 298 valence electrons. The van der Waals surface area contributed by atoms with Gasteiger partial charge in [0.05, 0.1) is 0 Å². The normalized spacial score (nSPS) is 13.5. The third-order valence-corrected chi connectivity index (χ3v) is 12.6. The Bertz CT molecular complexity index is 1560. The Morgan fingerprint density at radius 3 is 1.46 bits per heavy atom. The van der Waals surface area contributed by atoms with Crippen LogP contribution in [-0.4, -0.2) is 65.8 Å². The largest absolute Gasteiger partial charge is 0.401 e. The predicted octanol–water partition coefficient (Wildman–Crippen LogP) is 8.53. The first kappa shape index (κ1) is 44.7. The number of hydrogen-bond acceptors (Lipinski definition) is 10. The van der Waals surface area contributed by atoms with Gasteiger partial charge >= 0.3 is 8.56 Å². The highest BCUT2D eigenvalue weighted by Crippen LogP contribution is 2.29. The highest BCUT2D eigenvalue weighted by atomic mass is 32.2. The van der Waals surface area contributed by atoms with Crippen LogP contribution in [0.2, 0.25) is 12.6 Å². The monoisotopic (exact) mass is 781 g/mol. The van der Waals surface area contributed by atoms with Crippen molar-refractivity contribution < 1.29 is 17.9 Å². The maximum Gasteiger partial charge on any atom is 0.401 e. The molecule has 0 aliphatic carbocycles. The summed E-state index contributed by atoms with van der Waals surface area (Å²) in [6, 6.07) is 15.3. The van der Waals surface area contributed by atoms with Crippen molar-refractivity contribution in [3.63, 3.8) is 0 Å². The first-order valence-electron chi connectivity index (χ1n) is 18.8. The minimum Gasteiger partial charge on any atom is -0.392 e. The van der Waals surface area contributed by atoms with E-state index in [1.54, 1.807) is 24.3 Å². The Morgan fingerprint density at radius 1 is 0.685 bits per heavy atom. The molecule has 0 radical (unpaired) electrons. The number of thiol groups is 1. The molecule has 0 aliphatic heterocycles. The zero-order chi connectivity index (χ0) is 40.4. The molecule has 0 bridgehead atoms. The van der Waals surface area contributed by atoms with Crippen LogP contribution in [0.25, 0.3) is 0 Å². The smallest absolute Gasteiger partial charge is 0.392 e. The zero-order valence-corrected chi connectivity index (χ0v) is 36.7. The van der Waals surface area contributed by atoms with E-state index in [1.807, 2.05) is 65.1 Å². The Kier molecular flexibility index (Phi) is 15.5. The fraction of sp³-hybridized carbons (Fsp3) is 0.575. The number of carbonyl (C=O) groups excluding carboxylic acids is 2. The van der Waals surface area contributed by atoms with Crippen molar-refractivity contribution in [2.75, 3.05) is 35.4 Å². The van der Waals surface area contributed by atoms with Gasteiger partial charge in [-0.05, 0) is 126 Å². The lowest BCUT2D eigenvalue weighted by atomic mass is 9.81. The van der Waals surface area contributed by atoms with E-state index in [2.05, 4.69) is 89.6 Å². The fourth-order valence-electron chi connectivity index (χ4n) is 6.99. The number of benzene rings is 2. The average molecular weight is 782 g/mol. The van der Waals surface area contributed by atoms with Crippen LogP contribution >= 0.6 is 0 Å². The molecule has 54 heavy (non-hydrogen) atoms. The Balaban J connectivity index is 1.79. The molecule has 1 atom stereocenters. The number of hydrogen-bond donors (Lipinski definition) is 5. The summed E-state index contributed by atoms with van der Waals surface area (Å²) in [5.41, 5.74) is 1.99. The van der Waals surface area contributed by atoms with Gasteiger partial charge in [0, 0.05) is 46.7 Å². The lowest BCUT2D eigenvalue weighted by molar-refractivity contribution is 0.0881. The summed E-state index contributed by atoms with van der Waals surface area (Å²) in [4.78, 5) is 40.1. The standard InChI is InChI=1S/C40H64N8O4SSi/c1-14-51-54(13,52-53-12)25-15-24-41-34-44-35(42-30-20-16-28(17-21-30)32(49)47-39(8,9)26-37(2,3)4)46-36(45-34)43-31-22-18-29(19-23-31)33(50)48-40(10,11)27-38(5,6)7/h16-23H,14-15,24-27H2,1-13H3,(H,47,49)(H,48,50)(H3,41,42,43,44,45,46)/p+1. The van der Waals surface area contributed by atoms with Crippen molar-refractivity contribution >= 4 is 61.6 Å². The van der Waals surface area contributed by atoms with Gasteiger partial charge in [0.2, 0.25) is 17.8 Å². The van der Waals surface area contributed by atoms with E-state index < -0.39 is 8.56 Å². The van der Waals surface area contributed by atoms with E-state index >= 15 is 0 Å². The van der Waals surface area contributed by atoms with Crippen LogP contribution in [0.4, 0.5) is 29.2 Å². The Morgan fingerprint density at radius 2 is 1.09 bits per heavy atom. The molecular formula is C40H65N8O4SSi+. The lowest BCUT2D eigenvalue weighted by Crippen LogP contribution is -2.45. The number of rotatable bonds is 19. The molecule has 1 heterocycles. The van der Waals surface area contributed by atoms with Gasteiger partial charge in [-0.25, -0.2) is 0 Å². The topological polar surface area (TPSA) is 151 Å².